The molecule has 3 aromatic rings. The molecule has 1 heterocycles. The molecule has 1 amide bonds. The average molecular weight is 322 g/mol. The van der Waals surface area contributed by atoms with Gasteiger partial charge in [0.15, 0.2) is 5.75 Å². The van der Waals surface area contributed by atoms with Gasteiger partial charge in [0.2, 0.25) is 0 Å². The van der Waals surface area contributed by atoms with Crippen LogP contribution in [0.4, 0.5) is 0 Å². The molecule has 2 aromatic carbocycles. The second kappa shape index (κ2) is 7.10. The van der Waals surface area contributed by atoms with Gasteiger partial charge in [-0.2, -0.15) is 0 Å². The first-order chi connectivity index (χ1) is 11.6. The monoisotopic (exact) mass is 322 g/mol. The number of amides is 1. The molecule has 1 atom stereocenters. The van der Waals surface area contributed by atoms with E-state index in [1.54, 1.807) is 24.4 Å². The molecule has 0 spiro atoms. The molecule has 0 aliphatic carbocycles. The summed E-state index contributed by atoms with van der Waals surface area (Å²) in [6.07, 6.45) is 1.32. The lowest BCUT2D eigenvalue weighted by Gasteiger charge is -2.13. The number of aromatic hydroxyl groups is 1. The lowest BCUT2D eigenvalue weighted by Crippen LogP contribution is -2.33. The molecule has 0 bridgehead atoms. The highest BCUT2D eigenvalue weighted by molar-refractivity contribution is 6.02. The highest BCUT2D eigenvalue weighted by Gasteiger charge is 2.15. The molecule has 0 saturated carbocycles. The van der Waals surface area contributed by atoms with Crippen LogP contribution in [0, 0.1) is 0 Å². The van der Waals surface area contributed by atoms with Crippen LogP contribution < -0.4 is 5.32 Å². The third-order valence-corrected chi connectivity index (χ3v) is 3.80. The van der Waals surface area contributed by atoms with Crippen molar-refractivity contribution in [2.75, 3.05) is 6.54 Å². The maximum Gasteiger partial charge on any atom is 0.255 e. The summed E-state index contributed by atoms with van der Waals surface area (Å²) in [5.41, 5.74) is 1.53. The van der Waals surface area contributed by atoms with Crippen LogP contribution in [-0.2, 0) is 6.42 Å². The zero-order valence-electron chi connectivity index (χ0n) is 13.0. The molecular weight excluding hydrogens is 304 g/mol. The van der Waals surface area contributed by atoms with Gasteiger partial charge >= 0.3 is 0 Å². The Morgan fingerprint density at radius 3 is 2.67 bits per heavy atom. The van der Waals surface area contributed by atoms with Gasteiger partial charge in [0.25, 0.3) is 5.91 Å². The summed E-state index contributed by atoms with van der Waals surface area (Å²) >= 11 is 0. The number of phenolic OH excluding ortho intramolecular Hbond substituents is 1. The van der Waals surface area contributed by atoms with Crippen molar-refractivity contribution in [2.45, 2.75) is 12.5 Å². The quantitative estimate of drug-likeness (QED) is 0.673. The van der Waals surface area contributed by atoms with Crippen molar-refractivity contribution in [2.24, 2.45) is 0 Å². The smallest absolute Gasteiger partial charge is 0.255 e. The van der Waals surface area contributed by atoms with Crippen molar-refractivity contribution in [3.8, 4) is 5.75 Å². The Balaban J connectivity index is 1.66. The van der Waals surface area contributed by atoms with E-state index in [2.05, 4.69) is 10.3 Å². The predicted octanol–water partition coefficient (Wildman–Crippen LogP) is 2.27. The van der Waals surface area contributed by atoms with Gasteiger partial charge in [-0.05, 0) is 17.7 Å². The number of fused-ring (bicyclic) bond motifs is 1. The number of hydrogen-bond donors (Lipinski definition) is 3. The van der Waals surface area contributed by atoms with Gasteiger partial charge in [-0.15, -0.1) is 0 Å². The van der Waals surface area contributed by atoms with Crippen molar-refractivity contribution in [3.63, 3.8) is 0 Å². The van der Waals surface area contributed by atoms with Crippen molar-refractivity contribution in [1.29, 1.82) is 0 Å². The number of phenols is 1. The maximum absolute atomic E-state index is 12.3. The molecular formula is C19H18N2O3. The fourth-order valence-electron chi connectivity index (χ4n) is 2.58. The zero-order valence-corrected chi connectivity index (χ0v) is 13.0. The summed E-state index contributed by atoms with van der Waals surface area (Å²) in [4.78, 5) is 16.4. The zero-order chi connectivity index (χ0) is 16.9. The lowest BCUT2D eigenvalue weighted by molar-refractivity contribution is 0.0913. The Hall–Kier alpha value is -2.92. The van der Waals surface area contributed by atoms with Crippen molar-refractivity contribution < 1.29 is 15.0 Å². The van der Waals surface area contributed by atoms with Gasteiger partial charge < -0.3 is 15.5 Å². The minimum Gasteiger partial charge on any atom is -0.505 e. The van der Waals surface area contributed by atoms with Crippen LogP contribution in [0.25, 0.3) is 10.9 Å². The number of hydrogen-bond acceptors (Lipinski definition) is 4. The summed E-state index contributed by atoms with van der Waals surface area (Å²) < 4.78 is 0. The Labute approximate surface area is 139 Å². The maximum atomic E-state index is 12.3. The van der Waals surface area contributed by atoms with Gasteiger partial charge in [0, 0.05) is 24.5 Å². The third kappa shape index (κ3) is 3.52. The van der Waals surface area contributed by atoms with Crippen molar-refractivity contribution in [3.05, 3.63) is 71.9 Å². The molecule has 1 unspecified atom stereocenters. The second-order valence-corrected chi connectivity index (χ2v) is 5.59. The van der Waals surface area contributed by atoms with Gasteiger partial charge in [0.05, 0.1) is 11.7 Å². The van der Waals surface area contributed by atoms with Crippen LogP contribution in [0.15, 0.2) is 60.8 Å². The second-order valence-electron chi connectivity index (χ2n) is 5.59. The number of aliphatic hydroxyl groups excluding tert-OH is 1. The Bertz CT molecular complexity index is 850. The van der Waals surface area contributed by atoms with Crippen LogP contribution in [-0.4, -0.2) is 33.8 Å². The average Bonchev–Trinajstić information content (AvgIpc) is 2.61. The normalized spacial score (nSPS) is 12.0. The molecule has 24 heavy (non-hydrogen) atoms. The molecule has 5 nitrogen and oxygen atoms in total. The minimum absolute atomic E-state index is 0.105. The van der Waals surface area contributed by atoms with E-state index in [-0.39, 0.29) is 17.9 Å². The van der Waals surface area contributed by atoms with Crippen LogP contribution in [0.1, 0.15) is 15.9 Å². The van der Waals surface area contributed by atoms with E-state index in [0.717, 1.165) is 10.9 Å². The third-order valence-electron chi connectivity index (χ3n) is 3.80. The van der Waals surface area contributed by atoms with E-state index in [1.165, 1.54) is 0 Å². The standard InChI is InChI=1S/C19H18N2O3/c22-15(11-13-5-2-1-3-6-13)12-21-19(24)16-9-8-14-7-4-10-20-17(14)18(16)23/h1-10,15,22-23H,11-12H2,(H,21,24). The number of aliphatic hydroxyl groups is 1. The molecule has 1 aromatic heterocycles. The van der Waals surface area contributed by atoms with Crippen LogP contribution in [0.3, 0.4) is 0 Å². The number of nitrogens with zero attached hydrogens (tertiary/aromatic N) is 1. The molecule has 0 saturated heterocycles. The van der Waals surface area contributed by atoms with Crippen molar-refractivity contribution in [1.82, 2.24) is 10.3 Å². The highest BCUT2D eigenvalue weighted by Crippen LogP contribution is 2.26. The minimum atomic E-state index is -0.697. The van der Waals surface area contributed by atoms with E-state index in [4.69, 9.17) is 0 Å². The molecule has 122 valence electrons. The van der Waals surface area contributed by atoms with Gasteiger partial charge in [-0.1, -0.05) is 42.5 Å². The largest absolute Gasteiger partial charge is 0.505 e. The molecule has 5 heteroatoms. The number of rotatable bonds is 5. The predicted molar refractivity (Wildman–Crippen MR) is 91.9 cm³/mol. The molecule has 0 aliphatic rings. The molecule has 3 rings (SSSR count). The number of pyridine rings is 1. The Kier molecular flexibility index (Phi) is 4.72. The Morgan fingerprint density at radius 2 is 1.88 bits per heavy atom. The van der Waals surface area contributed by atoms with E-state index in [0.29, 0.717) is 11.9 Å². The van der Waals surface area contributed by atoms with Gasteiger partial charge in [0.1, 0.15) is 5.52 Å². The summed E-state index contributed by atoms with van der Waals surface area (Å²) in [5.74, 6) is -0.588. The van der Waals surface area contributed by atoms with E-state index in [1.807, 2.05) is 36.4 Å². The van der Waals surface area contributed by atoms with Crippen LogP contribution in [0.5, 0.6) is 5.75 Å². The SMILES string of the molecule is O=C(NCC(O)Cc1ccccc1)c1ccc2cccnc2c1O. The highest BCUT2D eigenvalue weighted by atomic mass is 16.3. The molecule has 3 N–H and O–H groups in total. The fourth-order valence-corrected chi connectivity index (χ4v) is 2.58. The fraction of sp³-hybridized carbons (Fsp3) is 0.158. The Morgan fingerprint density at radius 1 is 1.08 bits per heavy atom. The number of carbonyl (C=O) groups excluding carboxylic acids is 1. The van der Waals surface area contributed by atoms with Gasteiger partial charge in [-0.25, -0.2) is 0 Å². The first-order valence-corrected chi connectivity index (χ1v) is 7.72. The first-order valence-electron chi connectivity index (χ1n) is 7.72. The molecule has 0 aliphatic heterocycles. The number of benzene rings is 2. The summed E-state index contributed by atoms with van der Waals surface area (Å²) in [6, 6.07) is 16.4. The van der Waals surface area contributed by atoms with Crippen LogP contribution >= 0.6 is 0 Å². The number of aromatic nitrogens is 1. The lowest BCUT2D eigenvalue weighted by atomic mass is 10.1. The van der Waals surface area contributed by atoms with E-state index >= 15 is 0 Å². The first kappa shape index (κ1) is 16.0. The van der Waals surface area contributed by atoms with Crippen molar-refractivity contribution >= 4 is 16.8 Å². The van der Waals surface area contributed by atoms with Gasteiger partial charge in [-0.3, -0.25) is 9.78 Å². The van der Waals surface area contributed by atoms with E-state index in [9.17, 15) is 15.0 Å². The topological polar surface area (TPSA) is 82.5 Å². The molecule has 0 radical (unpaired) electrons. The number of nitrogens with one attached hydrogen (secondary N) is 1. The summed E-state index contributed by atoms with van der Waals surface area (Å²) in [7, 11) is 0. The summed E-state index contributed by atoms with van der Waals surface area (Å²) in [6.45, 7) is 0.105. The van der Waals surface area contributed by atoms with Crippen LogP contribution in [0.2, 0.25) is 0 Å². The summed E-state index contributed by atoms with van der Waals surface area (Å²) in [5, 5.41) is 23.7. The number of carbonyl (C=O) groups is 1. The molecule has 0 fully saturated rings. The van der Waals surface area contributed by atoms with E-state index < -0.39 is 12.0 Å².